The maximum atomic E-state index is 13.7. The fraction of sp³-hybridized carbons (Fsp3) is 0.409. The number of anilines is 4. The summed E-state index contributed by atoms with van der Waals surface area (Å²) < 4.78 is 13.5. The van der Waals surface area contributed by atoms with E-state index in [1.807, 2.05) is 58.2 Å². The van der Waals surface area contributed by atoms with Gasteiger partial charge in [0.25, 0.3) is 0 Å². The minimum absolute atomic E-state index is 0.0852. The van der Waals surface area contributed by atoms with Crippen molar-refractivity contribution in [3.63, 3.8) is 0 Å². The number of pyridine rings is 1. The van der Waals surface area contributed by atoms with Gasteiger partial charge in [0.05, 0.1) is 29.3 Å². The molecule has 4 aliphatic rings. The second kappa shape index (κ2) is 16.7. The molecular formula is C44H55FN6O. The second-order valence-corrected chi connectivity index (χ2v) is 13.7. The number of amides is 1. The van der Waals surface area contributed by atoms with Crippen molar-refractivity contribution >= 4 is 28.8 Å². The van der Waals surface area contributed by atoms with Crippen LogP contribution in [0.2, 0.25) is 0 Å². The molecule has 7 nitrogen and oxygen atoms in total. The molecule has 1 unspecified atom stereocenters. The molecule has 2 saturated heterocycles. The van der Waals surface area contributed by atoms with Crippen LogP contribution < -0.4 is 20.4 Å². The van der Waals surface area contributed by atoms with Gasteiger partial charge in [0.15, 0.2) is 0 Å². The molecule has 0 spiro atoms. The first kappa shape index (κ1) is 36.9. The number of para-hydroxylation sites is 2. The van der Waals surface area contributed by atoms with Crippen LogP contribution in [0, 0.1) is 11.7 Å². The maximum absolute atomic E-state index is 13.7. The molecule has 3 aliphatic heterocycles. The van der Waals surface area contributed by atoms with Gasteiger partial charge in [-0.25, -0.2) is 9.37 Å². The average Bonchev–Trinajstić information content (AvgIpc) is 4.00. The molecule has 4 aromatic rings. The van der Waals surface area contributed by atoms with Crippen LogP contribution in [0.15, 0.2) is 103 Å². The molecule has 8 rings (SSSR count). The van der Waals surface area contributed by atoms with Crippen molar-refractivity contribution in [2.24, 2.45) is 5.92 Å². The number of aromatic nitrogens is 1. The molecule has 0 bridgehead atoms. The van der Waals surface area contributed by atoms with E-state index in [9.17, 15) is 9.18 Å². The Morgan fingerprint density at radius 1 is 0.769 bits per heavy atom. The number of carbonyl (C=O) groups excluding carboxylic acids is 1. The summed E-state index contributed by atoms with van der Waals surface area (Å²) in [5.74, 6) is 2.07. The topological polar surface area (TPSA) is 68.9 Å². The van der Waals surface area contributed by atoms with E-state index < -0.39 is 0 Å². The zero-order chi connectivity index (χ0) is 36.8. The Morgan fingerprint density at radius 3 is 1.94 bits per heavy atom. The predicted molar refractivity (Wildman–Crippen MR) is 214 cm³/mol. The largest absolute Gasteiger partial charge is 0.384 e. The third kappa shape index (κ3) is 7.67. The summed E-state index contributed by atoms with van der Waals surface area (Å²) in [6, 6.07) is 28.6. The van der Waals surface area contributed by atoms with Gasteiger partial charge < -0.3 is 25.3 Å². The molecule has 1 atom stereocenters. The number of nitrogens with two attached hydrogens (primary N) is 1. The fourth-order valence-electron chi connectivity index (χ4n) is 7.92. The van der Waals surface area contributed by atoms with E-state index in [1.165, 1.54) is 40.5 Å². The highest BCUT2D eigenvalue weighted by Crippen LogP contribution is 2.52. The Bertz CT molecular complexity index is 1800. The summed E-state index contributed by atoms with van der Waals surface area (Å²) in [6.45, 7) is 13.6. The van der Waals surface area contributed by atoms with Crippen LogP contribution in [-0.4, -0.2) is 48.0 Å². The molecule has 2 N–H and O–H groups in total. The van der Waals surface area contributed by atoms with E-state index in [2.05, 4.69) is 80.0 Å². The number of hydrogen-bond donors (Lipinski definition) is 1. The molecule has 1 saturated carbocycles. The van der Waals surface area contributed by atoms with E-state index in [-0.39, 0.29) is 17.8 Å². The molecule has 3 fully saturated rings. The van der Waals surface area contributed by atoms with Gasteiger partial charge in [-0.15, -0.1) is 0 Å². The van der Waals surface area contributed by atoms with Gasteiger partial charge in [0.1, 0.15) is 17.5 Å². The number of nitrogen functional groups attached to an aromatic ring is 1. The van der Waals surface area contributed by atoms with Crippen LogP contribution in [0.25, 0.3) is 11.1 Å². The highest BCUT2D eigenvalue weighted by molar-refractivity contribution is 5.85. The van der Waals surface area contributed by atoms with Crippen molar-refractivity contribution in [1.29, 1.82) is 0 Å². The number of carbonyl (C=O) groups is 1. The van der Waals surface area contributed by atoms with Crippen molar-refractivity contribution in [1.82, 2.24) is 9.88 Å². The van der Waals surface area contributed by atoms with Gasteiger partial charge in [-0.05, 0) is 104 Å². The normalized spacial score (nSPS) is 17.9. The zero-order valence-corrected chi connectivity index (χ0v) is 31.6. The fourth-order valence-corrected chi connectivity index (χ4v) is 7.92. The minimum Gasteiger partial charge on any atom is -0.384 e. The van der Waals surface area contributed by atoms with Gasteiger partial charge in [0, 0.05) is 38.1 Å². The molecule has 1 aromatic heterocycles. The Labute approximate surface area is 309 Å². The molecule has 0 radical (unpaired) electrons. The summed E-state index contributed by atoms with van der Waals surface area (Å²) in [7, 11) is 0. The molecule has 8 heteroatoms. The van der Waals surface area contributed by atoms with Crippen molar-refractivity contribution in [2.45, 2.75) is 85.2 Å². The number of fused-ring (bicyclic) bond motifs is 1. The average molecular weight is 703 g/mol. The number of hydrogen-bond acceptors (Lipinski definition) is 6. The van der Waals surface area contributed by atoms with Gasteiger partial charge in [0.2, 0.25) is 5.91 Å². The third-order valence-electron chi connectivity index (χ3n) is 10.8. The number of piperidine rings is 2. The van der Waals surface area contributed by atoms with E-state index in [0.29, 0.717) is 17.8 Å². The molecule has 1 aliphatic carbocycles. The van der Waals surface area contributed by atoms with Crippen LogP contribution in [0.4, 0.5) is 27.3 Å². The van der Waals surface area contributed by atoms with Gasteiger partial charge in [-0.2, -0.15) is 0 Å². The Kier molecular flexibility index (Phi) is 11.8. The first-order chi connectivity index (χ1) is 25.4. The molecule has 274 valence electrons. The smallest absolute Gasteiger partial charge is 0.225 e. The number of rotatable bonds is 6. The van der Waals surface area contributed by atoms with Crippen LogP contribution in [-0.2, 0) is 4.79 Å². The van der Waals surface area contributed by atoms with Gasteiger partial charge in [-0.3, -0.25) is 4.79 Å². The second-order valence-electron chi connectivity index (χ2n) is 13.7. The standard InChI is InChI=1S/C40H43FN6O.2C2H6/c1-27(28-6-8-29(9-7-28)30-12-14-33(41)15-13-30)46-36-4-2-3-5-37(36)47(39(46)31-10-11-31)34-20-24-45(25-21-34)40(48)32-18-22-44(23-19-32)35-16-17-38(42)43-26-35;2*1-2/h2-9,12-17,26-27,32,34H,10-11,18-25H2,1H3,(H2,42,43);2*1-2H3. The van der Waals surface area contributed by atoms with Crippen molar-refractivity contribution < 1.29 is 9.18 Å². The first-order valence-electron chi connectivity index (χ1n) is 19.5. The van der Waals surface area contributed by atoms with Crippen LogP contribution in [0.5, 0.6) is 0 Å². The molecule has 1 amide bonds. The predicted octanol–water partition coefficient (Wildman–Crippen LogP) is 9.82. The van der Waals surface area contributed by atoms with Crippen molar-refractivity contribution in [3.05, 3.63) is 114 Å². The van der Waals surface area contributed by atoms with Crippen molar-refractivity contribution in [2.75, 3.05) is 46.6 Å². The SMILES string of the molecule is CC.CC.CC(c1ccc(-c2ccc(F)cc2)cc1)N1C(=C2CC2)N(C2CCN(C(=O)C3CCN(c4ccc(N)nc4)CC3)CC2)c2ccccc21. The lowest BCUT2D eigenvalue weighted by Crippen LogP contribution is -2.49. The quantitative estimate of drug-likeness (QED) is 0.216. The first-order valence-corrected chi connectivity index (χ1v) is 19.5. The zero-order valence-electron chi connectivity index (χ0n) is 31.6. The number of benzene rings is 3. The van der Waals surface area contributed by atoms with E-state index in [0.717, 1.165) is 81.5 Å². The summed E-state index contributed by atoms with van der Waals surface area (Å²) in [5.41, 5.74) is 14.2. The summed E-state index contributed by atoms with van der Waals surface area (Å²) in [4.78, 5) is 27.6. The highest BCUT2D eigenvalue weighted by atomic mass is 19.1. The van der Waals surface area contributed by atoms with Gasteiger partial charge in [-0.1, -0.05) is 76.2 Å². The van der Waals surface area contributed by atoms with Gasteiger partial charge >= 0.3 is 0 Å². The van der Waals surface area contributed by atoms with Crippen LogP contribution >= 0.6 is 0 Å². The highest BCUT2D eigenvalue weighted by Gasteiger charge is 2.43. The van der Waals surface area contributed by atoms with Crippen LogP contribution in [0.3, 0.4) is 0 Å². The lowest BCUT2D eigenvalue weighted by Gasteiger charge is -2.41. The number of likely N-dealkylation sites (tertiary alicyclic amines) is 1. The van der Waals surface area contributed by atoms with E-state index >= 15 is 0 Å². The number of allylic oxidation sites excluding steroid dienone is 1. The van der Waals surface area contributed by atoms with E-state index in [1.54, 1.807) is 0 Å². The van der Waals surface area contributed by atoms with Crippen LogP contribution in [0.1, 0.15) is 84.7 Å². The molecular weight excluding hydrogens is 648 g/mol. The Morgan fingerprint density at radius 2 is 1.37 bits per heavy atom. The summed E-state index contributed by atoms with van der Waals surface area (Å²) in [5, 5.41) is 0. The summed E-state index contributed by atoms with van der Waals surface area (Å²) in [6.07, 6.45) is 7.76. The lowest BCUT2D eigenvalue weighted by molar-refractivity contribution is -0.137. The summed E-state index contributed by atoms with van der Waals surface area (Å²) >= 11 is 0. The minimum atomic E-state index is -0.219. The third-order valence-corrected chi connectivity index (χ3v) is 10.8. The monoisotopic (exact) mass is 702 g/mol. The maximum Gasteiger partial charge on any atom is 0.225 e. The van der Waals surface area contributed by atoms with E-state index in [4.69, 9.17) is 5.73 Å². The number of nitrogens with zero attached hydrogens (tertiary/aromatic N) is 5. The molecule has 52 heavy (non-hydrogen) atoms. The Balaban J connectivity index is 0.00000112. The molecule has 4 heterocycles. The molecule has 3 aromatic carbocycles. The number of halogens is 1. The Hall–Kier alpha value is -4.85. The van der Waals surface area contributed by atoms with Crippen molar-refractivity contribution in [3.8, 4) is 11.1 Å². The lowest BCUT2D eigenvalue weighted by atomic mass is 9.93.